The zero-order valence-corrected chi connectivity index (χ0v) is 26.5. The number of carbonyl (C=O) groups excluding carboxylic acids is 2. The zero-order valence-electron chi connectivity index (χ0n) is 25.5. The third kappa shape index (κ3) is 5.43. The molecule has 1 saturated heterocycles. The molecule has 5 rings (SSSR count). The number of nitrogens with zero attached hydrogens (tertiary/aromatic N) is 2. The number of amides is 2. The van der Waals surface area contributed by atoms with Gasteiger partial charge in [-0.3, -0.25) is 9.59 Å². The standard InChI is InChI=1S/C35H42N2O5Si/c1-6-20-37-30-15-11-10-14-29(30)35(34(37)40)25(2)33(43(4,5)28-18-16-27(41-3)17-19-28)31(42-35)23-32(39)36(21-22-38)24-26-12-8-7-9-13-26/h6-19,25,31,33,38H,1,20-24H2,2-5H3/t25-,31+,33-,35+/m0/s1. The minimum absolute atomic E-state index is 0.0572. The third-order valence-corrected chi connectivity index (χ3v) is 13.7. The van der Waals surface area contributed by atoms with E-state index in [9.17, 15) is 14.7 Å². The van der Waals surface area contributed by atoms with Gasteiger partial charge >= 0.3 is 0 Å². The summed E-state index contributed by atoms with van der Waals surface area (Å²) in [5.41, 5.74) is 1.42. The number of para-hydroxylation sites is 1. The van der Waals surface area contributed by atoms with Gasteiger partial charge in [0.2, 0.25) is 5.91 Å². The van der Waals surface area contributed by atoms with Crippen molar-refractivity contribution in [2.24, 2.45) is 5.92 Å². The maximum atomic E-state index is 14.4. The van der Waals surface area contributed by atoms with Gasteiger partial charge in [0.15, 0.2) is 5.60 Å². The van der Waals surface area contributed by atoms with Crippen LogP contribution in [0.25, 0.3) is 0 Å². The van der Waals surface area contributed by atoms with Crippen molar-refractivity contribution in [1.29, 1.82) is 0 Å². The molecule has 0 saturated carbocycles. The van der Waals surface area contributed by atoms with Gasteiger partial charge < -0.3 is 24.4 Å². The molecular weight excluding hydrogens is 556 g/mol. The Morgan fingerprint density at radius 1 is 1.09 bits per heavy atom. The number of hydrogen-bond donors (Lipinski definition) is 1. The van der Waals surface area contributed by atoms with Crippen LogP contribution in [-0.2, 0) is 26.5 Å². The molecule has 2 heterocycles. The molecule has 2 aliphatic heterocycles. The van der Waals surface area contributed by atoms with E-state index in [4.69, 9.17) is 9.47 Å². The molecule has 3 aromatic rings. The zero-order chi connectivity index (χ0) is 30.8. The highest BCUT2D eigenvalue weighted by Crippen LogP contribution is 2.59. The Balaban J connectivity index is 1.56. The van der Waals surface area contributed by atoms with E-state index in [-0.39, 0.29) is 42.8 Å². The summed E-state index contributed by atoms with van der Waals surface area (Å²) in [4.78, 5) is 31.9. The van der Waals surface area contributed by atoms with Gasteiger partial charge in [-0.25, -0.2) is 0 Å². The molecule has 0 unspecified atom stereocenters. The van der Waals surface area contributed by atoms with E-state index in [1.54, 1.807) is 23.0 Å². The summed E-state index contributed by atoms with van der Waals surface area (Å²) in [6.45, 7) is 11.5. The molecule has 8 heteroatoms. The molecule has 226 valence electrons. The normalized spacial score (nSPS) is 23.0. The number of fused-ring (bicyclic) bond motifs is 2. The van der Waals surface area contributed by atoms with Crippen LogP contribution in [0.5, 0.6) is 5.75 Å². The summed E-state index contributed by atoms with van der Waals surface area (Å²) < 4.78 is 12.5. The summed E-state index contributed by atoms with van der Waals surface area (Å²) in [7, 11) is -0.725. The van der Waals surface area contributed by atoms with E-state index in [1.165, 1.54) is 5.19 Å². The van der Waals surface area contributed by atoms with E-state index < -0.39 is 19.8 Å². The topological polar surface area (TPSA) is 79.3 Å². The Morgan fingerprint density at radius 2 is 1.77 bits per heavy atom. The van der Waals surface area contributed by atoms with Crippen LogP contribution >= 0.6 is 0 Å². The van der Waals surface area contributed by atoms with Gasteiger partial charge in [-0.1, -0.05) is 91.9 Å². The monoisotopic (exact) mass is 598 g/mol. The van der Waals surface area contributed by atoms with Crippen molar-refractivity contribution >= 4 is 30.8 Å². The largest absolute Gasteiger partial charge is 0.497 e. The molecule has 7 nitrogen and oxygen atoms in total. The average molecular weight is 599 g/mol. The Bertz CT molecular complexity index is 1460. The fourth-order valence-electron chi connectivity index (χ4n) is 7.30. The van der Waals surface area contributed by atoms with Gasteiger partial charge in [0, 0.05) is 31.1 Å². The predicted molar refractivity (Wildman–Crippen MR) is 172 cm³/mol. The molecule has 2 amide bonds. The number of aliphatic hydroxyl groups excluding tert-OH is 1. The Kier molecular flexibility index (Phi) is 8.92. The van der Waals surface area contributed by atoms with Crippen molar-refractivity contribution in [2.75, 3.05) is 31.7 Å². The highest BCUT2D eigenvalue weighted by atomic mass is 28.3. The van der Waals surface area contributed by atoms with Crippen LogP contribution in [0.4, 0.5) is 5.69 Å². The van der Waals surface area contributed by atoms with E-state index in [2.05, 4.69) is 38.7 Å². The number of carbonyl (C=O) groups is 2. The Morgan fingerprint density at radius 3 is 2.42 bits per heavy atom. The molecule has 2 aliphatic rings. The maximum Gasteiger partial charge on any atom is 0.264 e. The number of methoxy groups -OCH3 is 1. The fourth-order valence-corrected chi connectivity index (χ4v) is 11.3. The number of anilines is 1. The average Bonchev–Trinajstić information content (AvgIpc) is 3.44. The first-order valence-corrected chi connectivity index (χ1v) is 18.0. The van der Waals surface area contributed by atoms with Gasteiger partial charge in [-0.05, 0) is 29.3 Å². The van der Waals surface area contributed by atoms with Crippen molar-refractivity contribution in [3.05, 3.63) is 103 Å². The number of rotatable bonds is 11. The Labute approximate surface area is 255 Å². The SMILES string of the molecule is C=CCN1C(=O)[C@]2(O[C@H](CC(=O)N(CCO)Cc3ccccc3)[C@@H]([Si](C)(C)c3ccc(OC)cc3)[C@@H]2C)c2ccccc21. The third-order valence-electron chi connectivity index (χ3n) is 9.37. The lowest BCUT2D eigenvalue weighted by molar-refractivity contribution is -0.149. The summed E-state index contributed by atoms with van der Waals surface area (Å²) in [5.74, 6) is 0.390. The van der Waals surface area contributed by atoms with Crippen molar-refractivity contribution in [3.63, 3.8) is 0 Å². The minimum atomic E-state index is -2.38. The van der Waals surface area contributed by atoms with Crippen molar-refractivity contribution in [1.82, 2.24) is 4.90 Å². The summed E-state index contributed by atoms with van der Waals surface area (Å²) in [6.07, 6.45) is 1.36. The lowest BCUT2D eigenvalue weighted by atomic mass is 9.82. The van der Waals surface area contributed by atoms with Crippen molar-refractivity contribution in [3.8, 4) is 5.75 Å². The summed E-state index contributed by atoms with van der Waals surface area (Å²) >= 11 is 0. The second-order valence-electron chi connectivity index (χ2n) is 12.1. The van der Waals surface area contributed by atoms with Crippen LogP contribution in [0.1, 0.15) is 24.5 Å². The number of aliphatic hydroxyl groups is 1. The van der Waals surface area contributed by atoms with E-state index >= 15 is 0 Å². The number of ether oxygens (including phenoxy) is 2. The molecule has 0 aromatic heterocycles. The predicted octanol–water partition coefficient (Wildman–Crippen LogP) is 4.86. The smallest absolute Gasteiger partial charge is 0.264 e. The molecule has 0 aliphatic carbocycles. The van der Waals surface area contributed by atoms with Gasteiger partial charge in [-0.15, -0.1) is 6.58 Å². The van der Waals surface area contributed by atoms with E-state index in [1.807, 2.05) is 66.7 Å². The minimum Gasteiger partial charge on any atom is -0.497 e. The molecule has 0 bridgehead atoms. The van der Waals surface area contributed by atoms with Crippen LogP contribution in [0.15, 0.2) is 91.5 Å². The summed E-state index contributed by atoms with van der Waals surface area (Å²) in [6, 6.07) is 25.8. The van der Waals surface area contributed by atoms with Gasteiger partial charge in [-0.2, -0.15) is 0 Å². The second kappa shape index (κ2) is 12.5. The highest BCUT2D eigenvalue weighted by molar-refractivity contribution is 6.91. The molecule has 0 radical (unpaired) electrons. The molecule has 1 spiro atoms. The quantitative estimate of drug-likeness (QED) is 0.252. The Hall–Kier alpha value is -3.72. The molecule has 1 N–H and O–H groups in total. The van der Waals surface area contributed by atoms with E-state index in [0.717, 1.165) is 22.6 Å². The van der Waals surface area contributed by atoms with Crippen molar-refractivity contribution in [2.45, 2.75) is 50.2 Å². The first-order valence-electron chi connectivity index (χ1n) is 15.0. The lowest BCUT2D eigenvalue weighted by Gasteiger charge is -2.37. The van der Waals surface area contributed by atoms with Crippen LogP contribution in [0, 0.1) is 5.92 Å². The molecule has 43 heavy (non-hydrogen) atoms. The second-order valence-corrected chi connectivity index (χ2v) is 16.8. The molecular formula is C35H42N2O5Si. The van der Waals surface area contributed by atoms with Crippen LogP contribution < -0.4 is 14.8 Å². The molecule has 3 aromatic carbocycles. The van der Waals surface area contributed by atoms with E-state index in [0.29, 0.717) is 13.1 Å². The first kappa shape index (κ1) is 30.7. The fraction of sp³-hybridized carbons (Fsp3) is 0.371. The van der Waals surface area contributed by atoms with Gasteiger partial charge in [0.1, 0.15) is 5.75 Å². The molecule has 1 fully saturated rings. The van der Waals surface area contributed by atoms with Crippen LogP contribution in [-0.4, -0.2) is 62.8 Å². The van der Waals surface area contributed by atoms with Crippen molar-refractivity contribution < 1.29 is 24.2 Å². The number of benzene rings is 3. The van der Waals surface area contributed by atoms with Gasteiger partial charge in [0.05, 0.1) is 40.0 Å². The molecule has 4 atom stereocenters. The summed E-state index contributed by atoms with van der Waals surface area (Å²) in [5, 5.41) is 11.1. The maximum absolute atomic E-state index is 14.4. The number of hydrogen-bond acceptors (Lipinski definition) is 5. The van der Waals surface area contributed by atoms with Crippen LogP contribution in [0.2, 0.25) is 18.6 Å². The lowest BCUT2D eigenvalue weighted by Crippen LogP contribution is -2.52. The first-order chi connectivity index (χ1) is 20.7. The van der Waals surface area contributed by atoms with Crippen LogP contribution in [0.3, 0.4) is 0 Å². The highest BCUT2D eigenvalue weighted by Gasteiger charge is 2.66. The van der Waals surface area contributed by atoms with Gasteiger partial charge in [0.25, 0.3) is 5.91 Å².